The average molecular weight is 169 g/mol. The van der Waals surface area contributed by atoms with Crippen LogP contribution in [0.5, 0.6) is 0 Å². The molecule has 1 heterocycles. The maximum atomic E-state index is 5.46. The molecule has 0 amide bonds. The largest absolute Gasteiger partial charge is 0.362 e. The molecular weight excluding hydrogens is 150 g/mol. The van der Waals surface area contributed by atoms with Crippen LogP contribution < -0.4 is 5.73 Å². The van der Waals surface area contributed by atoms with Gasteiger partial charge < -0.3 is 15.5 Å². The fourth-order valence-electron chi connectivity index (χ4n) is 1.52. The van der Waals surface area contributed by atoms with Crippen molar-refractivity contribution < 1.29 is 0 Å². The monoisotopic (exact) mass is 169 g/mol. The lowest BCUT2D eigenvalue weighted by Crippen LogP contribution is -2.40. The van der Waals surface area contributed by atoms with Gasteiger partial charge in [0.05, 0.1) is 5.82 Å². The van der Waals surface area contributed by atoms with Crippen LogP contribution in [-0.2, 0) is 0 Å². The summed E-state index contributed by atoms with van der Waals surface area (Å²) in [5.74, 6) is 1.15. The molecule has 1 saturated heterocycles. The summed E-state index contributed by atoms with van der Waals surface area (Å²) in [5, 5.41) is 0. The van der Waals surface area contributed by atoms with Crippen molar-refractivity contribution in [1.82, 2.24) is 9.80 Å². The SMILES string of the molecule is C=C1N(C)CCCN1CCCN. The van der Waals surface area contributed by atoms with Crippen LogP contribution in [0.25, 0.3) is 0 Å². The first-order chi connectivity index (χ1) is 5.75. The van der Waals surface area contributed by atoms with Crippen molar-refractivity contribution in [2.24, 2.45) is 5.73 Å². The predicted molar refractivity (Wildman–Crippen MR) is 51.6 cm³/mol. The van der Waals surface area contributed by atoms with Crippen molar-refractivity contribution in [3.8, 4) is 0 Å². The molecule has 1 rings (SSSR count). The second-order valence-corrected chi connectivity index (χ2v) is 3.32. The quantitative estimate of drug-likeness (QED) is 0.665. The number of rotatable bonds is 3. The van der Waals surface area contributed by atoms with E-state index in [4.69, 9.17) is 5.73 Å². The zero-order chi connectivity index (χ0) is 8.97. The second-order valence-electron chi connectivity index (χ2n) is 3.32. The van der Waals surface area contributed by atoms with Crippen LogP contribution in [0.1, 0.15) is 12.8 Å². The molecule has 2 N–H and O–H groups in total. The van der Waals surface area contributed by atoms with Gasteiger partial charge in [0.15, 0.2) is 0 Å². The maximum absolute atomic E-state index is 5.46. The summed E-state index contributed by atoms with van der Waals surface area (Å²) in [6, 6.07) is 0. The zero-order valence-corrected chi connectivity index (χ0v) is 7.92. The number of nitrogens with two attached hydrogens (primary N) is 1. The topological polar surface area (TPSA) is 32.5 Å². The Labute approximate surface area is 74.8 Å². The molecule has 0 atom stereocenters. The highest BCUT2D eigenvalue weighted by Crippen LogP contribution is 2.13. The molecule has 0 radical (unpaired) electrons. The van der Waals surface area contributed by atoms with E-state index in [1.165, 1.54) is 6.42 Å². The normalized spacial score (nSPS) is 18.7. The average Bonchev–Trinajstić information content (AvgIpc) is 2.08. The standard InChI is InChI=1S/C9H19N3/c1-9-11(2)6-4-8-12(9)7-3-5-10/h1,3-8,10H2,2H3. The van der Waals surface area contributed by atoms with Gasteiger partial charge in [0.1, 0.15) is 0 Å². The Morgan fingerprint density at radius 3 is 2.92 bits per heavy atom. The number of hydrogen-bond acceptors (Lipinski definition) is 3. The molecule has 0 aromatic heterocycles. The summed E-state index contributed by atoms with van der Waals surface area (Å²) >= 11 is 0. The Hall–Kier alpha value is -0.700. The van der Waals surface area contributed by atoms with E-state index < -0.39 is 0 Å². The first kappa shape index (κ1) is 9.39. The molecule has 0 aliphatic carbocycles. The van der Waals surface area contributed by atoms with Crippen molar-refractivity contribution in [3.63, 3.8) is 0 Å². The Balaban J connectivity index is 2.36. The Morgan fingerprint density at radius 1 is 1.50 bits per heavy atom. The van der Waals surface area contributed by atoms with E-state index in [9.17, 15) is 0 Å². The molecule has 1 aliphatic rings. The van der Waals surface area contributed by atoms with Crippen LogP contribution in [0.3, 0.4) is 0 Å². The molecule has 1 fully saturated rings. The summed E-state index contributed by atoms with van der Waals surface area (Å²) in [6.45, 7) is 8.15. The van der Waals surface area contributed by atoms with E-state index in [-0.39, 0.29) is 0 Å². The van der Waals surface area contributed by atoms with Crippen LogP contribution in [0, 0.1) is 0 Å². The first-order valence-electron chi connectivity index (χ1n) is 4.60. The molecule has 0 bridgehead atoms. The summed E-state index contributed by atoms with van der Waals surface area (Å²) in [6.07, 6.45) is 2.30. The van der Waals surface area contributed by atoms with Crippen LogP contribution in [0.15, 0.2) is 12.4 Å². The van der Waals surface area contributed by atoms with Gasteiger partial charge in [0.25, 0.3) is 0 Å². The van der Waals surface area contributed by atoms with Gasteiger partial charge in [-0.1, -0.05) is 6.58 Å². The predicted octanol–water partition coefficient (Wildman–Crippen LogP) is 0.444. The third kappa shape index (κ3) is 2.14. The highest BCUT2D eigenvalue weighted by atomic mass is 15.3. The molecule has 1 aliphatic heterocycles. The lowest BCUT2D eigenvalue weighted by molar-refractivity contribution is 0.183. The van der Waals surface area contributed by atoms with Gasteiger partial charge in [-0.25, -0.2) is 0 Å². The maximum Gasteiger partial charge on any atom is 0.0962 e. The van der Waals surface area contributed by atoms with Crippen molar-refractivity contribution in [2.45, 2.75) is 12.8 Å². The number of hydrogen-bond donors (Lipinski definition) is 1. The minimum atomic E-state index is 0.771. The van der Waals surface area contributed by atoms with Crippen molar-refractivity contribution in [3.05, 3.63) is 12.4 Å². The summed E-state index contributed by atoms with van der Waals surface area (Å²) in [4.78, 5) is 4.52. The van der Waals surface area contributed by atoms with E-state index in [1.54, 1.807) is 0 Å². The summed E-state index contributed by atoms with van der Waals surface area (Å²) < 4.78 is 0. The fourth-order valence-corrected chi connectivity index (χ4v) is 1.52. The van der Waals surface area contributed by atoms with Gasteiger partial charge in [-0.3, -0.25) is 0 Å². The van der Waals surface area contributed by atoms with E-state index in [2.05, 4.69) is 23.4 Å². The minimum Gasteiger partial charge on any atom is -0.362 e. The van der Waals surface area contributed by atoms with Gasteiger partial charge >= 0.3 is 0 Å². The zero-order valence-electron chi connectivity index (χ0n) is 7.92. The summed E-state index contributed by atoms with van der Waals surface area (Å²) in [7, 11) is 2.09. The molecule has 0 spiro atoms. The lowest BCUT2D eigenvalue weighted by Gasteiger charge is -2.37. The van der Waals surface area contributed by atoms with Gasteiger partial charge in [0.2, 0.25) is 0 Å². The second kappa shape index (κ2) is 4.36. The third-order valence-electron chi connectivity index (χ3n) is 2.36. The number of nitrogens with zero attached hydrogens (tertiary/aromatic N) is 2. The Kier molecular flexibility index (Phi) is 3.41. The van der Waals surface area contributed by atoms with Gasteiger partial charge in [-0.05, 0) is 19.4 Å². The molecule has 0 aromatic rings. The molecule has 0 aromatic carbocycles. The van der Waals surface area contributed by atoms with Gasteiger partial charge in [0, 0.05) is 26.7 Å². The van der Waals surface area contributed by atoms with E-state index >= 15 is 0 Å². The van der Waals surface area contributed by atoms with Crippen LogP contribution in [-0.4, -0.2) is 43.0 Å². The summed E-state index contributed by atoms with van der Waals surface area (Å²) in [5.41, 5.74) is 5.46. The van der Waals surface area contributed by atoms with Crippen LogP contribution in [0.2, 0.25) is 0 Å². The third-order valence-corrected chi connectivity index (χ3v) is 2.36. The van der Waals surface area contributed by atoms with Crippen molar-refractivity contribution in [1.29, 1.82) is 0 Å². The highest BCUT2D eigenvalue weighted by Gasteiger charge is 2.15. The highest BCUT2D eigenvalue weighted by molar-refractivity contribution is 4.95. The molecule has 0 saturated carbocycles. The smallest absolute Gasteiger partial charge is 0.0962 e. The van der Waals surface area contributed by atoms with Crippen LogP contribution in [0.4, 0.5) is 0 Å². The van der Waals surface area contributed by atoms with Gasteiger partial charge in [-0.15, -0.1) is 0 Å². The molecule has 3 nitrogen and oxygen atoms in total. The first-order valence-corrected chi connectivity index (χ1v) is 4.60. The van der Waals surface area contributed by atoms with Crippen molar-refractivity contribution >= 4 is 0 Å². The molecule has 12 heavy (non-hydrogen) atoms. The fraction of sp³-hybridized carbons (Fsp3) is 0.778. The lowest BCUT2D eigenvalue weighted by atomic mass is 10.2. The minimum absolute atomic E-state index is 0.771. The molecule has 0 unspecified atom stereocenters. The van der Waals surface area contributed by atoms with Crippen molar-refractivity contribution in [2.75, 3.05) is 33.2 Å². The van der Waals surface area contributed by atoms with Gasteiger partial charge in [-0.2, -0.15) is 0 Å². The molecule has 3 heteroatoms. The molecule has 70 valence electrons. The van der Waals surface area contributed by atoms with E-state index in [0.29, 0.717) is 0 Å². The van der Waals surface area contributed by atoms with E-state index in [0.717, 1.165) is 38.4 Å². The Bertz CT molecular complexity index is 156. The van der Waals surface area contributed by atoms with E-state index in [1.807, 2.05) is 0 Å². The Morgan fingerprint density at radius 2 is 2.25 bits per heavy atom. The molecular formula is C9H19N3. The van der Waals surface area contributed by atoms with Crippen LogP contribution >= 0.6 is 0 Å².